The van der Waals surface area contributed by atoms with Gasteiger partial charge in [-0.3, -0.25) is 0 Å². The van der Waals surface area contributed by atoms with Gasteiger partial charge in [-0.25, -0.2) is 9.59 Å². The van der Waals surface area contributed by atoms with Gasteiger partial charge in [0.15, 0.2) is 17.1 Å². The maximum absolute atomic E-state index is 11.9. The van der Waals surface area contributed by atoms with Crippen molar-refractivity contribution in [3.05, 3.63) is 29.8 Å². The van der Waals surface area contributed by atoms with Gasteiger partial charge < -0.3 is 35.1 Å². The van der Waals surface area contributed by atoms with Crippen LogP contribution in [0.4, 0.5) is 0 Å². The van der Waals surface area contributed by atoms with E-state index in [-0.39, 0.29) is 11.5 Å². The number of carboxylic acid groups (broad SMARTS) is 1. The van der Waals surface area contributed by atoms with E-state index in [0.717, 1.165) is 6.08 Å². The second-order valence-corrected chi connectivity index (χ2v) is 6.10. The topological polar surface area (TPSA) is 162 Å². The summed E-state index contributed by atoms with van der Waals surface area (Å²) in [5.41, 5.74) is -1.89. The molecule has 0 bridgehead atoms. The second kappa shape index (κ2) is 7.54. The Morgan fingerprint density at radius 1 is 1.19 bits per heavy atom. The molecule has 1 saturated carbocycles. The van der Waals surface area contributed by atoms with Gasteiger partial charge in [0.05, 0.1) is 12.0 Å². The Labute approximate surface area is 147 Å². The lowest BCUT2D eigenvalue weighted by molar-refractivity contribution is -0.186. The second-order valence-electron chi connectivity index (χ2n) is 6.10. The minimum atomic E-state index is -2.27. The lowest BCUT2D eigenvalue weighted by Crippen LogP contribution is -2.55. The number of benzene rings is 1. The summed E-state index contributed by atoms with van der Waals surface area (Å²) in [4.78, 5) is 34.2. The Morgan fingerprint density at radius 2 is 1.88 bits per heavy atom. The van der Waals surface area contributed by atoms with E-state index in [1.54, 1.807) is 0 Å². The molecule has 4 atom stereocenters. The van der Waals surface area contributed by atoms with Crippen LogP contribution < -0.4 is 0 Å². The average Bonchev–Trinajstić information content (AvgIpc) is 2.58. The maximum Gasteiger partial charge on any atom is 0.335 e. The lowest BCUT2D eigenvalue weighted by atomic mass is 9.75. The molecule has 1 aliphatic carbocycles. The summed E-state index contributed by atoms with van der Waals surface area (Å²) in [5, 5.41) is 47.6. The zero-order valence-electron chi connectivity index (χ0n) is 13.5. The van der Waals surface area contributed by atoms with Crippen molar-refractivity contribution in [1.29, 1.82) is 0 Å². The molecule has 0 saturated heterocycles. The molecule has 0 amide bonds. The number of phenols is 2. The van der Waals surface area contributed by atoms with Gasteiger partial charge in [-0.15, -0.1) is 0 Å². The molecule has 5 N–H and O–H groups in total. The average molecular weight is 366 g/mol. The first-order valence-electron chi connectivity index (χ1n) is 7.66. The first-order valence-corrected chi connectivity index (χ1v) is 7.66. The Hall–Kier alpha value is -2.91. The number of ether oxygens (including phenoxy) is 1. The fraction of sp³-hybridized carbons (Fsp3) is 0.353. The van der Waals surface area contributed by atoms with Crippen LogP contribution in [0.3, 0.4) is 0 Å². The van der Waals surface area contributed by atoms with Crippen molar-refractivity contribution >= 4 is 24.3 Å². The molecule has 9 heteroatoms. The molecule has 1 aliphatic rings. The predicted molar refractivity (Wildman–Crippen MR) is 86.1 cm³/mol. The number of carbonyl (C=O) groups excluding carboxylic acids is 2. The molecular formula is C17H18O9. The number of hydrogen-bond donors (Lipinski definition) is 5. The minimum Gasteiger partial charge on any atom is -0.504 e. The highest BCUT2D eigenvalue weighted by Crippen LogP contribution is 2.34. The Balaban J connectivity index is 2.07. The summed E-state index contributed by atoms with van der Waals surface area (Å²) in [7, 11) is 0. The third-order valence-corrected chi connectivity index (χ3v) is 4.16. The van der Waals surface area contributed by atoms with Gasteiger partial charge in [0.1, 0.15) is 12.4 Å². The van der Waals surface area contributed by atoms with Crippen LogP contribution in [-0.2, 0) is 19.1 Å². The van der Waals surface area contributed by atoms with Crippen LogP contribution in [0.2, 0.25) is 0 Å². The Bertz CT molecular complexity index is 742. The zero-order chi connectivity index (χ0) is 19.5. The third-order valence-electron chi connectivity index (χ3n) is 4.16. The number of rotatable bonds is 5. The van der Waals surface area contributed by atoms with Gasteiger partial charge in [0, 0.05) is 18.9 Å². The van der Waals surface area contributed by atoms with Gasteiger partial charge in [-0.2, -0.15) is 0 Å². The normalized spacial score (nSPS) is 28.6. The van der Waals surface area contributed by atoms with Crippen LogP contribution in [0.1, 0.15) is 18.4 Å². The monoisotopic (exact) mass is 366 g/mol. The van der Waals surface area contributed by atoms with Crippen molar-refractivity contribution in [3.63, 3.8) is 0 Å². The highest BCUT2D eigenvalue weighted by atomic mass is 16.6. The Morgan fingerprint density at radius 3 is 2.46 bits per heavy atom. The number of hydrogen-bond acceptors (Lipinski definition) is 8. The van der Waals surface area contributed by atoms with E-state index in [2.05, 4.69) is 0 Å². The number of esters is 1. The van der Waals surface area contributed by atoms with E-state index >= 15 is 0 Å². The maximum atomic E-state index is 11.9. The van der Waals surface area contributed by atoms with Gasteiger partial charge in [0.2, 0.25) is 0 Å². The lowest BCUT2D eigenvalue weighted by Gasteiger charge is -2.39. The summed E-state index contributed by atoms with van der Waals surface area (Å²) in [6.45, 7) is 0. The standard InChI is InChI=1S/C17H18O9/c18-8-10-6-17(25,16(23)24)7-13(21)15(10)26-14(22)4-2-9-1-3-11(19)12(20)5-9/h1-5,8,10,13,15,19-21,25H,6-7H2,(H,23,24)/b4-2+/t10-,13+,15-,17+/m0/s1. The number of phenolic OH excluding ortho intramolecular Hbond substituents is 2. The van der Waals surface area contributed by atoms with E-state index in [1.165, 1.54) is 24.3 Å². The summed E-state index contributed by atoms with van der Waals surface area (Å²) < 4.78 is 5.03. The van der Waals surface area contributed by atoms with Gasteiger partial charge in [-0.05, 0) is 23.8 Å². The highest BCUT2D eigenvalue weighted by Gasteiger charge is 2.50. The van der Waals surface area contributed by atoms with E-state index in [0.29, 0.717) is 11.8 Å². The molecule has 0 unspecified atom stereocenters. The van der Waals surface area contributed by atoms with Gasteiger partial charge in [-0.1, -0.05) is 6.07 Å². The molecule has 26 heavy (non-hydrogen) atoms. The molecule has 1 aromatic carbocycles. The molecule has 1 aromatic rings. The molecule has 0 spiro atoms. The van der Waals surface area contributed by atoms with Crippen LogP contribution in [0.15, 0.2) is 24.3 Å². The molecule has 9 nitrogen and oxygen atoms in total. The van der Waals surface area contributed by atoms with Crippen molar-refractivity contribution in [2.45, 2.75) is 30.7 Å². The first kappa shape index (κ1) is 19.4. The van der Waals surface area contributed by atoms with Crippen LogP contribution in [-0.4, -0.2) is 61.6 Å². The van der Waals surface area contributed by atoms with Crippen molar-refractivity contribution in [2.75, 3.05) is 0 Å². The molecule has 0 aliphatic heterocycles. The molecule has 0 heterocycles. The Kier molecular flexibility index (Phi) is 5.63. The number of carbonyl (C=O) groups is 3. The highest BCUT2D eigenvalue weighted by molar-refractivity contribution is 5.87. The van der Waals surface area contributed by atoms with E-state index in [1.807, 2.05) is 0 Å². The number of aromatic hydroxyl groups is 2. The molecule has 140 valence electrons. The number of aliphatic hydroxyl groups is 2. The molecular weight excluding hydrogens is 348 g/mol. The van der Waals surface area contributed by atoms with Crippen molar-refractivity contribution in [3.8, 4) is 11.5 Å². The number of carboxylic acids is 1. The van der Waals surface area contributed by atoms with E-state index in [9.17, 15) is 34.8 Å². The van der Waals surface area contributed by atoms with Crippen LogP contribution in [0.25, 0.3) is 6.08 Å². The van der Waals surface area contributed by atoms with Crippen molar-refractivity contribution in [1.82, 2.24) is 0 Å². The fourth-order valence-corrected chi connectivity index (χ4v) is 2.78. The molecule has 0 radical (unpaired) electrons. The summed E-state index contributed by atoms with van der Waals surface area (Å²) >= 11 is 0. The SMILES string of the molecule is O=C[C@@H]1C[C@](O)(C(=O)O)C[C@@H](O)[C@H]1OC(=O)/C=C/c1ccc(O)c(O)c1. The van der Waals surface area contributed by atoms with E-state index in [4.69, 9.17) is 9.84 Å². The molecule has 1 fully saturated rings. The molecule has 2 rings (SSSR count). The van der Waals surface area contributed by atoms with Crippen LogP contribution >= 0.6 is 0 Å². The third kappa shape index (κ3) is 4.19. The largest absolute Gasteiger partial charge is 0.504 e. The zero-order valence-corrected chi connectivity index (χ0v) is 13.5. The predicted octanol–water partition coefficient (Wildman–Crippen LogP) is -0.192. The number of aliphatic hydroxyl groups excluding tert-OH is 1. The quantitative estimate of drug-likeness (QED) is 0.206. The summed E-state index contributed by atoms with van der Waals surface area (Å²) in [6.07, 6.45) is -1.31. The summed E-state index contributed by atoms with van der Waals surface area (Å²) in [6, 6.07) is 3.85. The minimum absolute atomic E-state index is 0.324. The fourth-order valence-electron chi connectivity index (χ4n) is 2.78. The van der Waals surface area contributed by atoms with Crippen molar-refractivity contribution in [2.24, 2.45) is 5.92 Å². The molecule has 0 aromatic heterocycles. The van der Waals surface area contributed by atoms with Crippen LogP contribution in [0, 0.1) is 5.92 Å². The van der Waals surface area contributed by atoms with Gasteiger partial charge in [0.25, 0.3) is 0 Å². The first-order chi connectivity index (χ1) is 12.2. The summed E-state index contributed by atoms with van der Waals surface area (Å²) in [5.74, 6) is -4.36. The van der Waals surface area contributed by atoms with Crippen molar-refractivity contribution < 1.29 is 44.7 Å². The smallest absolute Gasteiger partial charge is 0.335 e. The van der Waals surface area contributed by atoms with Gasteiger partial charge >= 0.3 is 11.9 Å². The number of aliphatic carboxylic acids is 1. The number of aldehydes is 1. The van der Waals surface area contributed by atoms with Crippen LogP contribution in [0.5, 0.6) is 11.5 Å². The van der Waals surface area contributed by atoms with E-state index < -0.39 is 48.5 Å².